The molecule has 110 valence electrons. The quantitative estimate of drug-likeness (QED) is 0.679. The Kier molecular flexibility index (Phi) is 4.45. The van der Waals surface area contributed by atoms with Crippen LogP contribution < -0.4 is 0 Å². The summed E-state index contributed by atoms with van der Waals surface area (Å²) in [4.78, 5) is 25.5. The molecule has 1 aliphatic heterocycles. The van der Waals surface area contributed by atoms with Gasteiger partial charge in [0.05, 0.1) is 19.3 Å². The van der Waals surface area contributed by atoms with Gasteiger partial charge in [-0.1, -0.05) is 0 Å². The Labute approximate surface area is 114 Å². The van der Waals surface area contributed by atoms with Crippen LogP contribution in [0.5, 0.6) is 0 Å². The van der Waals surface area contributed by atoms with Crippen LogP contribution in [0.25, 0.3) is 0 Å². The van der Waals surface area contributed by atoms with E-state index in [-0.39, 0.29) is 0 Å². The molecule has 0 bridgehead atoms. The molecule has 0 aromatic carbocycles. The van der Waals surface area contributed by atoms with E-state index in [2.05, 4.69) is 0 Å². The number of carbonyl (C=O) groups excluding carboxylic acids is 2. The fraction of sp³-hybridized carbons (Fsp3) is 0.846. The van der Waals surface area contributed by atoms with Gasteiger partial charge in [0.1, 0.15) is 5.60 Å². The second kappa shape index (κ2) is 5.36. The Morgan fingerprint density at radius 1 is 1.32 bits per heavy atom. The Morgan fingerprint density at radius 3 is 2.37 bits per heavy atom. The maximum atomic E-state index is 12.2. The molecule has 1 heterocycles. The lowest BCUT2D eigenvalue weighted by Gasteiger charge is -2.44. The Balaban J connectivity index is 2.96. The fourth-order valence-corrected chi connectivity index (χ4v) is 2.03. The zero-order chi connectivity index (χ0) is 14.8. The van der Waals surface area contributed by atoms with Gasteiger partial charge in [0, 0.05) is 6.54 Å². The SMILES string of the molecule is COC(=O)[C@@H]1N(C(=O)OC(C)(C)C)CCOC1(C)C. The topological polar surface area (TPSA) is 65.1 Å². The normalized spacial score (nSPS) is 22.8. The van der Waals surface area contributed by atoms with Gasteiger partial charge in [0.2, 0.25) is 0 Å². The molecule has 0 aromatic rings. The summed E-state index contributed by atoms with van der Waals surface area (Å²) in [5, 5.41) is 0. The van der Waals surface area contributed by atoms with Gasteiger partial charge in [-0.2, -0.15) is 0 Å². The first kappa shape index (κ1) is 15.8. The van der Waals surface area contributed by atoms with E-state index in [1.165, 1.54) is 12.0 Å². The zero-order valence-corrected chi connectivity index (χ0v) is 12.5. The number of rotatable bonds is 1. The van der Waals surface area contributed by atoms with Gasteiger partial charge >= 0.3 is 12.1 Å². The van der Waals surface area contributed by atoms with Crippen molar-refractivity contribution in [2.75, 3.05) is 20.3 Å². The summed E-state index contributed by atoms with van der Waals surface area (Å²) < 4.78 is 15.6. The molecule has 1 amide bonds. The highest BCUT2D eigenvalue weighted by Crippen LogP contribution is 2.27. The van der Waals surface area contributed by atoms with Crippen molar-refractivity contribution in [1.29, 1.82) is 0 Å². The molecule has 0 saturated carbocycles. The van der Waals surface area contributed by atoms with Crippen molar-refractivity contribution in [2.45, 2.75) is 51.9 Å². The van der Waals surface area contributed by atoms with Crippen LogP contribution in [-0.2, 0) is 19.0 Å². The van der Waals surface area contributed by atoms with Gasteiger partial charge < -0.3 is 14.2 Å². The molecule has 0 radical (unpaired) electrons. The molecular formula is C13H23NO5. The number of hydrogen-bond acceptors (Lipinski definition) is 5. The number of carbonyl (C=O) groups is 2. The fourth-order valence-electron chi connectivity index (χ4n) is 2.03. The largest absolute Gasteiger partial charge is 0.467 e. The molecule has 1 rings (SSSR count). The molecule has 6 nitrogen and oxygen atoms in total. The maximum Gasteiger partial charge on any atom is 0.411 e. The zero-order valence-electron chi connectivity index (χ0n) is 12.5. The number of ether oxygens (including phenoxy) is 3. The van der Waals surface area contributed by atoms with E-state index in [1.807, 2.05) is 0 Å². The van der Waals surface area contributed by atoms with Gasteiger partial charge in [0.15, 0.2) is 6.04 Å². The minimum atomic E-state index is -0.805. The summed E-state index contributed by atoms with van der Waals surface area (Å²) in [7, 11) is 1.29. The smallest absolute Gasteiger partial charge is 0.411 e. The van der Waals surface area contributed by atoms with Crippen molar-refractivity contribution in [3.8, 4) is 0 Å². The monoisotopic (exact) mass is 273 g/mol. The summed E-state index contributed by atoms with van der Waals surface area (Å²) >= 11 is 0. The van der Waals surface area contributed by atoms with E-state index < -0.39 is 29.3 Å². The highest BCUT2D eigenvalue weighted by molar-refractivity contribution is 5.83. The second-order valence-corrected chi connectivity index (χ2v) is 6.05. The van der Waals surface area contributed by atoms with Crippen molar-refractivity contribution < 1.29 is 23.8 Å². The first-order valence-corrected chi connectivity index (χ1v) is 6.30. The van der Waals surface area contributed by atoms with Gasteiger partial charge in [-0.05, 0) is 34.6 Å². The third kappa shape index (κ3) is 3.83. The van der Waals surface area contributed by atoms with E-state index >= 15 is 0 Å². The minimum absolute atomic E-state index is 0.304. The molecule has 0 N–H and O–H groups in total. The lowest BCUT2D eigenvalue weighted by molar-refractivity contribution is -0.172. The van der Waals surface area contributed by atoms with Crippen LogP contribution in [0, 0.1) is 0 Å². The predicted octanol–water partition coefficient (Wildman–Crippen LogP) is 1.57. The van der Waals surface area contributed by atoms with Crippen LogP contribution in [0.4, 0.5) is 4.79 Å². The average Bonchev–Trinajstić information content (AvgIpc) is 2.24. The molecule has 0 unspecified atom stereocenters. The molecule has 0 aromatic heterocycles. The minimum Gasteiger partial charge on any atom is -0.467 e. The Bertz CT molecular complexity index is 359. The van der Waals surface area contributed by atoms with E-state index in [4.69, 9.17) is 14.2 Å². The standard InChI is InChI=1S/C13H23NO5/c1-12(2,3)19-11(16)14-7-8-18-13(4,5)9(14)10(15)17-6/h9H,7-8H2,1-6H3/t9-/m0/s1. The van der Waals surface area contributed by atoms with Crippen molar-refractivity contribution in [1.82, 2.24) is 4.90 Å². The second-order valence-electron chi connectivity index (χ2n) is 6.05. The maximum absolute atomic E-state index is 12.2. The van der Waals surface area contributed by atoms with E-state index in [0.29, 0.717) is 13.2 Å². The molecule has 6 heteroatoms. The molecular weight excluding hydrogens is 250 g/mol. The lowest BCUT2D eigenvalue weighted by Crippen LogP contribution is -2.62. The predicted molar refractivity (Wildman–Crippen MR) is 68.8 cm³/mol. The number of amides is 1. The van der Waals surface area contributed by atoms with Crippen LogP contribution in [-0.4, -0.2) is 54.5 Å². The first-order chi connectivity index (χ1) is 8.58. The number of hydrogen-bond donors (Lipinski definition) is 0. The van der Waals surface area contributed by atoms with Crippen LogP contribution in [0.2, 0.25) is 0 Å². The lowest BCUT2D eigenvalue weighted by atomic mass is 9.95. The van der Waals surface area contributed by atoms with Crippen molar-refractivity contribution in [2.24, 2.45) is 0 Å². The van der Waals surface area contributed by atoms with E-state index in [9.17, 15) is 9.59 Å². The number of morpholine rings is 1. The molecule has 1 aliphatic rings. The number of nitrogens with zero attached hydrogens (tertiary/aromatic N) is 1. The molecule has 0 spiro atoms. The Hall–Kier alpha value is -1.30. The number of methoxy groups -OCH3 is 1. The van der Waals surface area contributed by atoms with Gasteiger partial charge in [-0.3, -0.25) is 4.90 Å². The van der Waals surface area contributed by atoms with Crippen molar-refractivity contribution >= 4 is 12.1 Å². The van der Waals surface area contributed by atoms with Crippen LogP contribution in [0.15, 0.2) is 0 Å². The molecule has 1 atom stereocenters. The van der Waals surface area contributed by atoms with E-state index in [0.717, 1.165) is 0 Å². The Morgan fingerprint density at radius 2 is 1.89 bits per heavy atom. The van der Waals surface area contributed by atoms with Crippen molar-refractivity contribution in [3.63, 3.8) is 0 Å². The molecule has 0 aliphatic carbocycles. The summed E-state index contributed by atoms with van der Waals surface area (Å²) in [6.07, 6.45) is -0.528. The molecule has 1 fully saturated rings. The van der Waals surface area contributed by atoms with E-state index in [1.54, 1.807) is 34.6 Å². The van der Waals surface area contributed by atoms with Crippen LogP contribution >= 0.6 is 0 Å². The third-order valence-corrected chi connectivity index (χ3v) is 2.83. The molecule has 1 saturated heterocycles. The van der Waals surface area contributed by atoms with Gasteiger partial charge in [-0.25, -0.2) is 9.59 Å². The van der Waals surface area contributed by atoms with Crippen molar-refractivity contribution in [3.05, 3.63) is 0 Å². The van der Waals surface area contributed by atoms with Crippen LogP contribution in [0.1, 0.15) is 34.6 Å². The summed E-state index contributed by atoms with van der Waals surface area (Å²) in [5.41, 5.74) is -1.41. The third-order valence-electron chi connectivity index (χ3n) is 2.83. The number of esters is 1. The highest BCUT2D eigenvalue weighted by atomic mass is 16.6. The molecule has 19 heavy (non-hydrogen) atoms. The highest BCUT2D eigenvalue weighted by Gasteiger charge is 2.47. The summed E-state index contributed by atoms with van der Waals surface area (Å²) in [5.74, 6) is -0.504. The average molecular weight is 273 g/mol. The van der Waals surface area contributed by atoms with Gasteiger partial charge in [-0.15, -0.1) is 0 Å². The first-order valence-electron chi connectivity index (χ1n) is 6.30. The summed E-state index contributed by atoms with van der Waals surface area (Å²) in [6.45, 7) is 9.52. The summed E-state index contributed by atoms with van der Waals surface area (Å²) in [6, 6.07) is -0.805. The van der Waals surface area contributed by atoms with Crippen LogP contribution in [0.3, 0.4) is 0 Å². The van der Waals surface area contributed by atoms with Gasteiger partial charge in [0.25, 0.3) is 0 Å².